The fraction of sp³-hybridized carbons (Fsp3) is 0.270. The molecule has 0 saturated heterocycles. The van der Waals surface area contributed by atoms with E-state index in [1.807, 2.05) is 185 Å². The summed E-state index contributed by atoms with van der Waals surface area (Å²) in [5, 5.41) is 12.0. The molecule has 0 amide bonds. The molecule has 0 fully saturated rings. The standard InChI is InChI=1S/3C29H18N2.12C2H6/c1-4-8-21-17(5-1)13-19-15-26-27(16-24(19)21)31-12-11-30-29(31)23-10-9-22-20-7-3-2-6-18(20)14-25(22)28(23)26;1-4-8-20-17(5-1)15-24-22(20)11-12-26-27(24)23-10-9-21-19-7-3-2-6-18(19)16-25(21)28(23)29-30-13-14-31(26)29;1-3-7-20-18(6-1)16-24-22(20)10-11-23-27(24)29-30-13-14-31(29)25-12-9-19-15-17-5-2-4-8-21(17)26(19)28(23)25;12*1-2/h1-12,15-16H,13-14H2;2*1-14H,15-16H2;12*1-2H3. The average Bonchev–Trinajstić information content (AvgIpc) is 1.59. The highest BCUT2D eigenvalue weighted by Crippen LogP contribution is 2.52. The monoisotopic (exact) mass is 1540 g/mol. The fourth-order valence-electron chi connectivity index (χ4n) is 18.1. The Bertz CT molecular complexity index is 6340. The maximum absolute atomic E-state index is 4.84. The van der Waals surface area contributed by atoms with E-state index < -0.39 is 0 Å². The summed E-state index contributed by atoms with van der Waals surface area (Å²) in [6, 6.07) is 81.0. The van der Waals surface area contributed by atoms with E-state index in [-0.39, 0.29) is 0 Å². The zero-order valence-corrected chi connectivity index (χ0v) is 74.7. The molecule has 600 valence electrons. The lowest BCUT2D eigenvalue weighted by Gasteiger charge is -2.15. The summed E-state index contributed by atoms with van der Waals surface area (Å²) in [5.74, 6) is 0. The van der Waals surface area contributed by atoms with E-state index in [0.717, 1.165) is 55.5 Å². The van der Waals surface area contributed by atoms with E-state index in [9.17, 15) is 0 Å². The van der Waals surface area contributed by atoms with Gasteiger partial charge in [-0.3, -0.25) is 13.2 Å². The predicted octanol–water partition coefficient (Wildman–Crippen LogP) is 32.7. The van der Waals surface area contributed by atoms with Gasteiger partial charge in [-0.15, -0.1) is 0 Å². The zero-order valence-electron chi connectivity index (χ0n) is 74.7. The number of fused-ring (bicyclic) bond motifs is 41. The maximum Gasteiger partial charge on any atom is 0.145 e. The number of pyridine rings is 3. The van der Waals surface area contributed by atoms with Gasteiger partial charge in [0.25, 0.3) is 0 Å². The maximum atomic E-state index is 4.84. The molecule has 0 unspecified atom stereocenters. The number of aromatic nitrogens is 6. The molecule has 18 aromatic rings. The van der Waals surface area contributed by atoms with Crippen LogP contribution < -0.4 is 0 Å². The Labute approximate surface area is 699 Å². The lowest BCUT2D eigenvalue weighted by atomic mass is 9.92. The molecule has 6 heteroatoms. The van der Waals surface area contributed by atoms with Crippen LogP contribution in [0.2, 0.25) is 0 Å². The van der Waals surface area contributed by atoms with Crippen LogP contribution in [0.3, 0.4) is 0 Å². The van der Waals surface area contributed by atoms with Gasteiger partial charge in [0.1, 0.15) is 16.9 Å². The van der Waals surface area contributed by atoms with Crippen molar-refractivity contribution in [1.82, 2.24) is 28.2 Å². The summed E-state index contributed by atoms with van der Waals surface area (Å²) in [5.41, 5.74) is 40.6. The first kappa shape index (κ1) is 87.7. The van der Waals surface area contributed by atoms with Crippen LogP contribution in [-0.2, 0) is 38.5 Å². The number of nitrogens with zero attached hydrogens (tertiary/aromatic N) is 6. The summed E-state index contributed by atoms with van der Waals surface area (Å²) in [7, 11) is 0. The van der Waals surface area contributed by atoms with Crippen molar-refractivity contribution >= 4 is 82.0 Å². The highest BCUT2D eigenvalue weighted by molar-refractivity contribution is 6.22. The molecular formula is C111H126N6. The van der Waals surface area contributed by atoms with Crippen LogP contribution in [0.25, 0.3) is 149 Å². The average molecular weight is 1540 g/mol. The van der Waals surface area contributed by atoms with Crippen molar-refractivity contribution in [3.8, 4) is 66.8 Å². The van der Waals surface area contributed by atoms with Crippen LogP contribution in [0, 0.1) is 0 Å². The van der Waals surface area contributed by atoms with Crippen LogP contribution >= 0.6 is 0 Å². The van der Waals surface area contributed by atoms with Gasteiger partial charge in [0.15, 0.2) is 0 Å². The molecule has 24 rings (SSSR count). The second-order valence-corrected chi connectivity index (χ2v) is 26.4. The van der Waals surface area contributed by atoms with Crippen molar-refractivity contribution in [3.05, 3.63) is 322 Å². The summed E-state index contributed by atoms with van der Waals surface area (Å²) in [4.78, 5) is 14.4. The number of hydrogen-bond donors (Lipinski definition) is 0. The van der Waals surface area contributed by atoms with Gasteiger partial charge in [-0.25, -0.2) is 15.0 Å². The third-order valence-corrected chi connectivity index (χ3v) is 22.0. The Morgan fingerprint density at radius 3 is 0.923 bits per heavy atom. The van der Waals surface area contributed by atoms with Crippen molar-refractivity contribution in [2.75, 3.05) is 0 Å². The predicted molar refractivity (Wildman–Crippen MR) is 516 cm³/mol. The minimum absolute atomic E-state index is 0.975. The van der Waals surface area contributed by atoms with E-state index in [1.54, 1.807) is 0 Å². The van der Waals surface area contributed by atoms with Crippen LogP contribution in [0.5, 0.6) is 0 Å². The van der Waals surface area contributed by atoms with E-state index in [1.165, 1.54) is 199 Å². The smallest absolute Gasteiger partial charge is 0.145 e. The van der Waals surface area contributed by atoms with Crippen molar-refractivity contribution in [2.45, 2.75) is 205 Å². The minimum atomic E-state index is 0.975. The molecule has 0 radical (unpaired) electrons. The summed E-state index contributed by atoms with van der Waals surface area (Å²) in [6.07, 6.45) is 18.1. The van der Waals surface area contributed by atoms with Gasteiger partial charge >= 0.3 is 0 Å². The van der Waals surface area contributed by atoms with Gasteiger partial charge in [0.2, 0.25) is 0 Å². The fourth-order valence-corrected chi connectivity index (χ4v) is 18.1. The third-order valence-electron chi connectivity index (χ3n) is 22.0. The number of imidazole rings is 3. The van der Waals surface area contributed by atoms with Gasteiger partial charge < -0.3 is 0 Å². The molecule has 6 aliphatic carbocycles. The van der Waals surface area contributed by atoms with Gasteiger partial charge in [0.05, 0.1) is 16.6 Å². The minimum Gasteiger partial charge on any atom is -0.299 e. The first-order valence-electron chi connectivity index (χ1n) is 44.7. The Kier molecular flexibility index (Phi) is 30.5. The van der Waals surface area contributed by atoms with Gasteiger partial charge in [-0.1, -0.05) is 354 Å². The normalized spacial score (nSPS) is 11.4. The molecule has 0 spiro atoms. The quantitative estimate of drug-likeness (QED) is 0.142. The molecule has 6 aromatic heterocycles. The second-order valence-electron chi connectivity index (χ2n) is 26.4. The van der Waals surface area contributed by atoms with Crippen LogP contribution in [0.4, 0.5) is 0 Å². The summed E-state index contributed by atoms with van der Waals surface area (Å²) in [6.45, 7) is 48.0. The Morgan fingerprint density at radius 1 is 0.197 bits per heavy atom. The number of rotatable bonds is 0. The highest BCUT2D eigenvalue weighted by atomic mass is 15.0. The molecule has 12 aromatic carbocycles. The topological polar surface area (TPSA) is 51.9 Å². The molecular weight excluding hydrogens is 1420 g/mol. The van der Waals surface area contributed by atoms with E-state index in [0.29, 0.717) is 0 Å². The first-order chi connectivity index (χ1) is 58.1. The second kappa shape index (κ2) is 40.7. The van der Waals surface area contributed by atoms with Crippen LogP contribution in [0.15, 0.2) is 256 Å². The van der Waals surface area contributed by atoms with Crippen molar-refractivity contribution in [3.63, 3.8) is 0 Å². The van der Waals surface area contributed by atoms with Gasteiger partial charge in [-0.05, 0) is 219 Å². The van der Waals surface area contributed by atoms with E-state index >= 15 is 0 Å². The molecule has 0 aliphatic heterocycles. The highest BCUT2D eigenvalue weighted by Gasteiger charge is 2.31. The Balaban J connectivity index is 0.000000164. The molecule has 0 atom stereocenters. The Morgan fingerprint density at radius 2 is 0.496 bits per heavy atom. The van der Waals surface area contributed by atoms with Gasteiger partial charge in [-0.2, -0.15) is 0 Å². The lowest BCUT2D eigenvalue weighted by molar-refractivity contribution is 1.24. The largest absolute Gasteiger partial charge is 0.299 e. The molecule has 0 bridgehead atoms. The Hall–Kier alpha value is -11.7. The van der Waals surface area contributed by atoms with Crippen molar-refractivity contribution < 1.29 is 0 Å². The molecule has 0 saturated carbocycles. The first-order valence-corrected chi connectivity index (χ1v) is 44.7. The van der Waals surface area contributed by atoms with Crippen molar-refractivity contribution in [1.29, 1.82) is 0 Å². The molecule has 6 aliphatic rings. The zero-order chi connectivity index (χ0) is 84.3. The van der Waals surface area contributed by atoms with Crippen LogP contribution in [-0.4, -0.2) is 28.2 Å². The third kappa shape index (κ3) is 15.0. The SMILES string of the molecule is CC.CC.CC.CC.CC.CC.CC.CC.CC.CC.CC.CC.c1ccc2c(c1)Cc1c-2ccc2c1c1ccc3c(c1c1nccn21)Cc1ccccc1-3.c1ccc2c(c1)Cc1c-2ccc2c3c4c(ccc3n3ccnc3c12)Cc1ccccc1-4.c1ccc2c(c1)Cc1cc3c4c5c(ccc4c4nccn4c3cc1-2)-c1ccccc1C5. The van der Waals surface area contributed by atoms with Crippen molar-refractivity contribution in [2.24, 2.45) is 0 Å². The lowest BCUT2D eigenvalue weighted by Crippen LogP contribution is -1.97. The molecule has 117 heavy (non-hydrogen) atoms. The molecule has 6 heterocycles. The number of hydrogen-bond acceptors (Lipinski definition) is 3. The molecule has 6 nitrogen and oxygen atoms in total. The number of benzene rings is 12. The van der Waals surface area contributed by atoms with E-state index in [4.69, 9.17) is 15.0 Å². The van der Waals surface area contributed by atoms with Gasteiger partial charge in [0, 0.05) is 69.5 Å². The summed E-state index contributed by atoms with van der Waals surface area (Å²) >= 11 is 0. The molecule has 0 N–H and O–H groups in total. The van der Waals surface area contributed by atoms with Crippen LogP contribution in [0.1, 0.15) is 233 Å². The van der Waals surface area contributed by atoms with E-state index in [2.05, 4.69) is 250 Å². The summed E-state index contributed by atoms with van der Waals surface area (Å²) < 4.78 is 6.86.